The van der Waals surface area contributed by atoms with Gasteiger partial charge in [0.2, 0.25) is 0 Å². The first-order valence-corrected chi connectivity index (χ1v) is 24.0. The number of hydrogen-bond acceptors (Lipinski definition) is 2. The summed E-state index contributed by atoms with van der Waals surface area (Å²) in [5.74, 6) is -1.07. The zero-order chi connectivity index (χ0) is 49.5. The minimum atomic E-state index is -4.89. The van der Waals surface area contributed by atoms with Crippen molar-refractivity contribution >= 4 is 87.5 Å². The molecule has 0 fully saturated rings. The van der Waals surface area contributed by atoms with Crippen molar-refractivity contribution in [3.05, 3.63) is 192 Å². The van der Waals surface area contributed by atoms with E-state index in [0.717, 1.165) is 55.2 Å². The van der Waals surface area contributed by atoms with Crippen LogP contribution in [0.4, 0.5) is 26.3 Å². The summed E-state index contributed by atoms with van der Waals surface area (Å²) >= 11 is 0. The molecule has 0 spiro atoms. The average Bonchev–Trinajstić information content (AvgIpc) is 4.13. The van der Waals surface area contributed by atoms with Crippen LogP contribution in [0.2, 0.25) is 0 Å². The van der Waals surface area contributed by atoms with Gasteiger partial charge in [-0.05, 0) is 82.6 Å². The van der Waals surface area contributed by atoms with Crippen LogP contribution in [0.15, 0.2) is 179 Å². The number of fused-ring (bicyclic) bond motifs is 14. The zero-order valence-corrected chi connectivity index (χ0v) is 39.3. The van der Waals surface area contributed by atoms with E-state index in [4.69, 9.17) is 8.83 Å². The van der Waals surface area contributed by atoms with Crippen LogP contribution in [0.1, 0.15) is 61.8 Å². The number of para-hydroxylation sites is 4. The third-order valence-electron chi connectivity index (χ3n) is 14.5. The van der Waals surface area contributed by atoms with E-state index >= 15 is 26.3 Å². The number of aromatic nitrogens is 2. The van der Waals surface area contributed by atoms with Gasteiger partial charge in [0.05, 0.1) is 44.6 Å². The monoisotopic (exact) mass is 960 g/mol. The van der Waals surface area contributed by atoms with Crippen molar-refractivity contribution in [1.82, 2.24) is 9.13 Å². The van der Waals surface area contributed by atoms with Crippen LogP contribution in [0.5, 0.6) is 0 Å². The van der Waals surface area contributed by atoms with Gasteiger partial charge in [-0.25, -0.2) is 0 Å². The maximum atomic E-state index is 16.1. The number of rotatable bonds is 6. The van der Waals surface area contributed by atoms with Crippen molar-refractivity contribution in [3.8, 4) is 33.6 Å². The van der Waals surface area contributed by atoms with Crippen LogP contribution < -0.4 is 0 Å². The molecule has 0 aliphatic rings. The van der Waals surface area contributed by atoms with Crippen LogP contribution in [-0.4, -0.2) is 9.13 Å². The minimum absolute atomic E-state index is 0.141. The zero-order valence-electron chi connectivity index (χ0n) is 39.3. The SMILES string of the molecule is CC(C)c1c(-c2ccccc2C(F)(F)F)c(-n2c3ccccc3c3ccc4c5ccccc5oc4c32)c(-c2ccccc2C(F)(F)F)c(C(C)C)c1-n1c2ccccc2c2ccc3c4ccccc4oc3c21. The average molecular weight is 961 g/mol. The van der Waals surface area contributed by atoms with E-state index in [0.29, 0.717) is 61.2 Å². The highest BCUT2D eigenvalue weighted by Gasteiger charge is 2.41. The van der Waals surface area contributed by atoms with Crippen LogP contribution in [0.3, 0.4) is 0 Å². The molecule has 0 aliphatic carbocycles. The number of nitrogens with zero attached hydrogens (tertiary/aromatic N) is 2. The predicted octanol–water partition coefficient (Wildman–Crippen LogP) is 19.3. The van der Waals surface area contributed by atoms with Gasteiger partial charge in [-0.2, -0.15) is 26.3 Å². The Bertz CT molecular complexity index is 4300. The topological polar surface area (TPSA) is 36.1 Å². The molecule has 9 aromatic carbocycles. The number of hydrogen-bond donors (Lipinski definition) is 0. The maximum Gasteiger partial charge on any atom is 0.417 e. The second kappa shape index (κ2) is 15.6. The first-order chi connectivity index (χ1) is 34.7. The molecule has 72 heavy (non-hydrogen) atoms. The van der Waals surface area contributed by atoms with Gasteiger partial charge in [-0.15, -0.1) is 0 Å². The summed E-state index contributed by atoms with van der Waals surface area (Å²) < 4.78 is 114. The molecule has 0 N–H and O–H groups in total. The van der Waals surface area contributed by atoms with E-state index in [2.05, 4.69) is 4.57 Å². The summed E-state index contributed by atoms with van der Waals surface area (Å²) in [6.07, 6.45) is -9.77. The Balaban J connectivity index is 1.38. The molecule has 354 valence electrons. The fourth-order valence-corrected chi connectivity index (χ4v) is 11.7. The summed E-state index contributed by atoms with van der Waals surface area (Å²) in [5.41, 5.74) is 4.43. The Morgan fingerprint density at radius 2 is 0.708 bits per heavy atom. The van der Waals surface area contributed by atoms with E-state index in [-0.39, 0.29) is 27.9 Å². The van der Waals surface area contributed by atoms with Crippen molar-refractivity contribution in [2.75, 3.05) is 0 Å². The molecule has 4 nitrogen and oxygen atoms in total. The Kier molecular flexibility index (Phi) is 9.50. The number of furan rings is 2. The van der Waals surface area contributed by atoms with Crippen molar-refractivity contribution in [2.24, 2.45) is 0 Å². The lowest BCUT2D eigenvalue weighted by molar-refractivity contribution is -0.137. The molecule has 10 heteroatoms. The second-order valence-corrected chi connectivity index (χ2v) is 19.2. The maximum absolute atomic E-state index is 16.1. The van der Waals surface area contributed by atoms with E-state index < -0.39 is 35.3 Å². The molecule has 0 saturated carbocycles. The first-order valence-electron chi connectivity index (χ1n) is 24.0. The van der Waals surface area contributed by atoms with Gasteiger partial charge >= 0.3 is 12.4 Å². The minimum Gasteiger partial charge on any atom is -0.454 e. The summed E-state index contributed by atoms with van der Waals surface area (Å²) in [6.45, 7) is 7.79. The Labute approximate surface area is 407 Å². The van der Waals surface area contributed by atoms with Crippen molar-refractivity contribution < 1.29 is 35.2 Å². The van der Waals surface area contributed by atoms with E-state index in [1.54, 1.807) is 12.1 Å². The lowest BCUT2D eigenvalue weighted by atomic mass is 9.77. The quantitative estimate of drug-likeness (QED) is 0.156. The van der Waals surface area contributed by atoms with Crippen molar-refractivity contribution in [3.63, 3.8) is 0 Å². The third-order valence-corrected chi connectivity index (χ3v) is 14.5. The molecule has 13 rings (SSSR count). The van der Waals surface area contributed by atoms with Gasteiger partial charge in [0.25, 0.3) is 0 Å². The van der Waals surface area contributed by atoms with Crippen molar-refractivity contribution in [1.29, 1.82) is 0 Å². The molecule has 0 aliphatic heterocycles. The standard InChI is InChI=1S/C62H42F6N2O2/c1-33(2)51-53(43-21-5-11-23-45(43)61(63,64)65)58(70-48-26-14-8-18-36(48)40-30-32-42-38-20-10-16-28-50(38)72-60(42)56(40)70)54(44-22-6-12-24-46(44)62(66,67)68)52(34(3)4)57(51)69-47-25-13-7-17-35(47)39-29-31-41-37-19-9-15-27-49(37)71-59(41)55(39)69/h5-34H,1-4H3. The highest BCUT2D eigenvalue weighted by Crippen LogP contribution is 2.56. The molecule has 0 radical (unpaired) electrons. The van der Waals surface area contributed by atoms with Gasteiger partial charge in [-0.1, -0.05) is 149 Å². The molecule has 4 heterocycles. The van der Waals surface area contributed by atoms with Gasteiger partial charge in [-0.3, -0.25) is 0 Å². The molecule has 0 saturated heterocycles. The summed E-state index contributed by atoms with van der Waals surface area (Å²) in [7, 11) is 0. The van der Waals surface area contributed by atoms with Crippen LogP contribution in [-0.2, 0) is 12.4 Å². The molecule has 4 aromatic heterocycles. The highest BCUT2D eigenvalue weighted by atomic mass is 19.4. The summed E-state index contributed by atoms with van der Waals surface area (Å²) in [6, 6.07) is 49.5. The van der Waals surface area contributed by atoms with Gasteiger partial charge in [0.1, 0.15) is 11.2 Å². The molecule has 0 unspecified atom stereocenters. The number of halogens is 6. The third kappa shape index (κ3) is 6.20. The van der Waals surface area contributed by atoms with Crippen LogP contribution >= 0.6 is 0 Å². The lowest BCUT2D eigenvalue weighted by Gasteiger charge is -2.33. The van der Waals surface area contributed by atoms with E-state index in [1.165, 1.54) is 24.3 Å². The fourth-order valence-electron chi connectivity index (χ4n) is 11.7. The van der Waals surface area contributed by atoms with E-state index in [9.17, 15) is 0 Å². The largest absolute Gasteiger partial charge is 0.454 e. The predicted molar refractivity (Wildman–Crippen MR) is 279 cm³/mol. The molecule has 13 aromatic rings. The molecule has 0 atom stereocenters. The normalized spacial score (nSPS) is 12.8. The summed E-state index contributed by atoms with van der Waals surface area (Å²) in [4.78, 5) is 0. The fraction of sp³-hybridized carbons (Fsp3) is 0.129. The van der Waals surface area contributed by atoms with Crippen LogP contribution in [0.25, 0.3) is 121 Å². The molecule has 0 bridgehead atoms. The Morgan fingerprint density at radius 3 is 1.12 bits per heavy atom. The number of benzene rings is 9. The van der Waals surface area contributed by atoms with E-state index in [1.807, 2.05) is 154 Å². The van der Waals surface area contributed by atoms with Crippen molar-refractivity contribution in [2.45, 2.75) is 51.9 Å². The van der Waals surface area contributed by atoms with Gasteiger partial charge in [0.15, 0.2) is 11.2 Å². The van der Waals surface area contributed by atoms with Crippen LogP contribution in [0, 0.1) is 0 Å². The highest BCUT2D eigenvalue weighted by molar-refractivity contribution is 6.24. The summed E-state index contributed by atoms with van der Waals surface area (Å²) in [5, 5.41) is 6.39. The van der Waals surface area contributed by atoms with Gasteiger partial charge in [0, 0.05) is 54.2 Å². The van der Waals surface area contributed by atoms with Gasteiger partial charge < -0.3 is 18.0 Å². The Morgan fingerprint density at radius 1 is 0.361 bits per heavy atom. The molecular formula is C62H42F6N2O2. The lowest BCUT2D eigenvalue weighted by Crippen LogP contribution is -2.18. The molecular weight excluding hydrogens is 919 g/mol. The molecule has 0 amide bonds. The second-order valence-electron chi connectivity index (χ2n) is 19.2. The first kappa shape index (κ1) is 43.8. The smallest absolute Gasteiger partial charge is 0.417 e. The Hall–Kier alpha value is -8.24. The number of alkyl halides is 6.